The minimum Gasteiger partial charge on any atom is -0.306 e. The van der Waals surface area contributed by atoms with Gasteiger partial charge in [0.2, 0.25) is 0 Å². The molecule has 6 heteroatoms. The highest BCUT2D eigenvalue weighted by molar-refractivity contribution is 7.22. The molecule has 0 saturated heterocycles. The maximum Gasteiger partial charge on any atom is 0.333 e. The molecule has 0 aliphatic carbocycles. The SMILES string of the molecule is Cc1cc(F)ccc1-c1cc2[nH]c(=O)n(-c3cccc4ccccc34)c(=O)c2s1. The van der Waals surface area contributed by atoms with Crippen LogP contribution in [0.15, 0.2) is 76.3 Å². The van der Waals surface area contributed by atoms with Gasteiger partial charge >= 0.3 is 5.69 Å². The van der Waals surface area contributed by atoms with Gasteiger partial charge in [0.25, 0.3) is 5.56 Å². The smallest absolute Gasteiger partial charge is 0.306 e. The topological polar surface area (TPSA) is 54.9 Å². The Balaban J connectivity index is 1.79. The van der Waals surface area contributed by atoms with Gasteiger partial charge in [-0.15, -0.1) is 11.3 Å². The Morgan fingerprint density at radius 1 is 0.966 bits per heavy atom. The van der Waals surface area contributed by atoms with Crippen LogP contribution in [0.5, 0.6) is 0 Å². The van der Waals surface area contributed by atoms with E-state index in [1.165, 1.54) is 28.0 Å². The number of nitrogens with zero attached hydrogens (tertiary/aromatic N) is 1. The highest BCUT2D eigenvalue weighted by Crippen LogP contribution is 2.33. The molecule has 2 heterocycles. The molecule has 5 rings (SSSR count). The van der Waals surface area contributed by atoms with E-state index in [1.807, 2.05) is 43.3 Å². The third kappa shape index (κ3) is 2.80. The van der Waals surface area contributed by atoms with Crippen molar-refractivity contribution in [2.24, 2.45) is 0 Å². The Bertz CT molecular complexity index is 1520. The third-order valence-corrected chi connectivity index (χ3v) is 6.19. The zero-order valence-electron chi connectivity index (χ0n) is 15.4. The summed E-state index contributed by atoms with van der Waals surface area (Å²) in [7, 11) is 0. The number of benzene rings is 3. The van der Waals surface area contributed by atoms with Gasteiger partial charge in [-0.2, -0.15) is 0 Å². The molecule has 0 aliphatic heterocycles. The molecule has 0 atom stereocenters. The van der Waals surface area contributed by atoms with E-state index in [0.717, 1.165) is 26.8 Å². The number of rotatable bonds is 2. The molecule has 1 N–H and O–H groups in total. The van der Waals surface area contributed by atoms with E-state index in [4.69, 9.17) is 0 Å². The van der Waals surface area contributed by atoms with Crippen molar-refractivity contribution < 1.29 is 4.39 Å². The Hall–Kier alpha value is -3.51. The quantitative estimate of drug-likeness (QED) is 0.451. The largest absolute Gasteiger partial charge is 0.333 e. The second-order valence-corrected chi connectivity index (χ2v) is 7.93. The van der Waals surface area contributed by atoms with E-state index in [0.29, 0.717) is 15.9 Å². The molecule has 142 valence electrons. The average Bonchev–Trinajstić information content (AvgIpc) is 3.12. The normalized spacial score (nSPS) is 11.4. The number of aromatic nitrogens is 2. The minimum absolute atomic E-state index is 0.306. The van der Waals surface area contributed by atoms with Gasteiger partial charge in [-0.25, -0.2) is 13.8 Å². The molecule has 0 bridgehead atoms. The molecule has 0 spiro atoms. The lowest BCUT2D eigenvalue weighted by molar-refractivity contribution is 0.627. The first-order chi connectivity index (χ1) is 14.0. The van der Waals surface area contributed by atoms with Crippen molar-refractivity contribution in [1.82, 2.24) is 9.55 Å². The van der Waals surface area contributed by atoms with Gasteiger partial charge in [-0.3, -0.25) is 4.79 Å². The van der Waals surface area contributed by atoms with Gasteiger partial charge in [-0.1, -0.05) is 42.5 Å². The van der Waals surface area contributed by atoms with Crippen LogP contribution in [0.1, 0.15) is 5.56 Å². The second-order valence-electron chi connectivity index (χ2n) is 6.88. The zero-order chi connectivity index (χ0) is 20.1. The van der Waals surface area contributed by atoms with Crippen molar-refractivity contribution in [1.29, 1.82) is 0 Å². The number of aromatic amines is 1. The number of hydrogen-bond donors (Lipinski definition) is 1. The Morgan fingerprint density at radius 3 is 2.59 bits per heavy atom. The van der Waals surface area contributed by atoms with E-state index in [9.17, 15) is 14.0 Å². The molecule has 0 aliphatic rings. The molecule has 29 heavy (non-hydrogen) atoms. The average molecular weight is 402 g/mol. The predicted octanol–water partition coefficient (Wildman–Crippen LogP) is 5.01. The first kappa shape index (κ1) is 17.6. The summed E-state index contributed by atoms with van der Waals surface area (Å²) in [6, 6.07) is 19.5. The summed E-state index contributed by atoms with van der Waals surface area (Å²) in [6.07, 6.45) is 0. The lowest BCUT2D eigenvalue weighted by Crippen LogP contribution is -2.33. The van der Waals surface area contributed by atoms with Gasteiger partial charge in [0.1, 0.15) is 10.5 Å². The summed E-state index contributed by atoms with van der Waals surface area (Å²) in [5.41, 5.74) is 1.79. The van der Waals surface area contributed by atoms with Crippen molar-refractivity contribution in [3.8, 4) is 16.1 Å². The van der Waals surface area contributed by atoms with Gasteiger partial charge in [0, 0.05) is 10.3 Å². The number of aryl methyl sites for hydroxylation is 1. The van der Waals surface area contributed by atoms with Crippen LogP contribution in [0.25, 0.3) is 37.1 Å². The molecular weight excluding hydrogens is 387 g/mol. The predicted molar refractivity (Wildman–Crippen MR) is 116 cm³/mol. The Kier molecular flexibility index (Phi) is 3.96. The van der Waals surface area contributed by atoms with Crippen molar-refractivity contribution >= 4 is 32.3 Å². The summed E-state index contributed by atoms with van der Waals surface area (Å²) in [5, 5.41) is 1.78. The van der Waals surface area contributed by atoms with Crippen LogP contribution >= 0.6 is 11.3 Å². The lowest BCUT2D eigenvalue weighted by atomic mass is 10.1. The van der Waals surface area contributed by atoms with Crippen LogP contribution in [0.2, 0.25) is 0 Å². The maximum absolute atomic E-state index is 13.5. The monoisotopic (exact) mass is 402 g/mol. The van der Waals surface area contributed by atoms with Crippen LogP contribution in [0, 0.1) is 12.7 Å². The van der Waals surface area contributed by atoms with Gasteiger partial charge in [0.05, 0.1) is 11.2 Å². The lowest BCUT2D eigenvalue weighted by Gasteiger charge is -2.08. The second kappa shape index (κ2) is 6.53. The minimum atomic E-state index is -0.487. The number of nitrogens with one attached hydrogen (secondary N) is 1. The fraction of sp³-hybridized carbons (Fsp3) is 0.0435. The molecule has 2 aromatic heterocycles. The van der Waals surface area contributed by atoms with E-state index in [-0.39, 0.29) is 11.4 Å². The molecular formula is C23H15FN2O2S. The Morgan fingerprint density at radius 2 is 1.76 bits per heavy atom. The fourth-order valence-corrected chi connectivity index (χ4v) is 4.80. The highest BCUT2D eigenvalue weighted by Gasteiger charge is 2.16. The summed E-state index contributed by atoms with van der Waals surface area (Å²) in [4.78, 5) is 29.7. The molecule has 0 unspecified atom stereocenters. The maximum atomic E-state index is 13.5. The van der Waals surface area contributed by atoms with E-state index >= 15 is 0 Å². The van der Waals surface area contributed by atoms with E-state index in [1.54, 1.807) is 18.2 Å². The molecule has 4 nitrogen and oxygen atoms in total. The van der Waals surface area contributed by atoms with Crippen molar-refractivity contribution in [3.05, 3.63) is 98.9 Å². The molecule has 0 amide bonds. The van der Waals surface area contributed by atoms with Crippen LogP contribution in [-0.2, 0) is 0 Å². The standard InChI is InChI=1S/C23H15FN2O2S/c1-13-11-15(24)9-10-16(13)20-12-18-21(29-20)22(27)26(23(28)25-18)19-8-4-6-14-5-2-3-7-17(14)19/h2-12H,1H3,(H,25,28). The molecule has 3 aromatic carbocycles. The van der Waals surface area contributed by atoms with Gasteiger partial charge < -0.3 is 4.98 Å². The Labute approximate surface area is 168 Å². The van der Waals surface area contributed by atoms with Crippen LogP contribution in [0.4, 0.5) is 4.39 Å². The van der Waals surface area contributed by atoms with Gasteiger partial charge in [0.15, 0.2) is 0 Å². The van der Waals surface area contributed by atoms with Crippen molar-refractivity contribution in [3.63, 3.8) is 0 Å². The number of thiophene rings is 1. The zero-order valence-corrected chi connectivity index (χ0v) is 16.2. The molecule has 0 fully saturated rings. The molecule has 0 saturated carbocycles. The van der Waals surface area contributed by atoms with E-state index in [2.05, 4.69) is 4.98 Å². The fourth-order valence-electron chi connectivity index (χ4n) is 3.67. The van der Waals surface area contributed by atoms with Crippen molar-refractivity contribution in [2.45, 2.75) is 6.92 Å². The molecule has 5 aromatic rings. The van der Waals surface area contributed by atoms with Gasteiger partial charge in [-0.05, 0) is 47.7 Å². The third-order valence-electron chi connectivity index (χ3n) is 5.04. The summed E-state index contributed by atoms with van der Waals surface area (Å²) in [6.45, 7) is 1.82. The number of H-pyrrole nitrogens is 1. The number of hydrogen-bond acceptors (Lipinski definition) is 3. The van der Waals surface area contributed by atoms with Crippen LogP contribution in [-0.4, -0.2) is 9.55 Å². The van der Waals surface area contributed by atoms with Crippen LogP contribution < -0.4 is 11.2 Å². The summed E-state index contributed by atoms with van der Waals surface area (Å²) in [5.74, 6) is -0.306. The van der Waals surface area contributed by atoms with Crippen LogP contribution in [0.3, 0.4) is 0 Å². The number of halogens is 1. The van der Waals surface area contributed by atoms with E-state index < -0.39 is 5.69 Å². The summed E-state index contributed by atoms with van der Waals surface area (Å²) < 4.78 is 15.1. The molecule has 0 radical (unpaired) electrons. The highest BCUT2D eigenvalue weighted by atomic mass is 32.1. The first-order valence-corrected chi connectivity index (χ1v) is 9.88. The first-order valence-electron chi connectivity index (χ1n) is 9.06. The van der Waals surface area contributed by atoms with Crippen molar-refractivity contribution in [2.75, 3.05) is 0 Å². The number of fused-ring (bicyclic) bond motifs is 2. The summed E-state index contributed by atoms with van der Waals surface area (Å²) >= 11 is 1.29.